The second kappa shape index (κ2) is 7.75. The number of carbonyl (C=O) groups excluding carboxylic acids is 1. The van der Waals surface area contributed by atoms with Crippen molar-refractivity contribution in [2.45, 2.75) is 57.7 Å². The Bertz CT molecular complexity index is 556. The highest BCUT2D eigenvalue weighted by atomic mass is 16.6. The maximum Gasteiger partial charge on any atom is 0.410 e. The summed E-state index contributed by atoms with van der Waals surface area (Å²) >= 11 is 0. The Kier molecular flexibility index (Phi) is 6.12. The molecule has 1 N–H and O–H groups in total. The molecule has 25 heavy (non-hydrogen) atoms. The number of carbonyl (C=O) groups is 1. The molecule has 0 bridgehead atoms. The van der Waals surface area contributed by atoms with E-state index in [4.69, 9.17) is 4.74 Å². The summed E-state index contributed by atoms with van der Waals surface area (Å²) in [6, 6.07) is -0.0733. The van der Waals surface area contributed by atoms with Crippen LogP contribution >= 0.6 is 0 Å². The average molecular weight is 348 g/mol. The van der Waals surface area contributed by atoms with Gasteiger partial charge in [-0.05, 0) is 46.1 Å². The van der Waals surface area contributed by atoms with Crippen LogP contribution in [0.2, 0.25) is 0 Å². The van der Waals surface area contributed by atoms with E-state index in [-0.39, 0.29) is 24.3 Å². The molecule has 0 aromatic rings. The van der Waals surface area contributed by atoms with Gasteiger partial charge in [0, 0.05) is 25.2 Å². The minimum atomic E-state index is -0.507. The smallest absolute Gasteiger partial charge is 0.410 e. The first-order valence-electron chi connectivity index (χ1n) is 9.04. The molecule has 0 aromatic carbocycles. The van der Waals surface area contributed by atoms with Gasteiger partial charge in [-0.25, -0.2) is 4.79 Å². The molecule has 5 nitrogen and oxygen atoms in total. The van der Waals surface area contributed by atoms with Gasteiger partial charge in [-0.3, -0.25) is 4.90 Å². The van der Waals surface area contributed by atoms with Crippen LogP contribution in [0.3, 0.4) is 0 Å². The fourth-order valence-corrected chi connectivity index (χ4v) is 3.39. The molecule has 5 heteroatoms. The Labute approximate surface area is 151 Å². The number of amides is 1. The first-order chi connectivity index (χ1) is 11.7. The molecule has 1 atom stereocenters. The minimum Gasteiger partial charge on any atom is -0.444 e. The lowest BCUT2D eigenvalue weighted by molar-refractivity contribution is -0.0289. The first-order valence-corrected chi connectivity index (χ1v) is 9.04. The summed E-state index contributed by atoms with van der Waals surface area (Å²) in [4.78, 5) is 16.6. The third kappa shape index (κ3) is 4.95. The number of hydrogen-bond acceptors (Lipinski definition) is 4. The van der Waals surface area contributed by atoms with Crippen molar-refractivity contribution < 1.29 is 14.6 Å². The van der Waals surface area contributed by atoms with Crippen molar-refractivity contribution in [3.63, 3.8) is 0 Å². The van der Waals surface area contributed by atoms with Crippen LogP contribution in [0.15, 0.2) is 36.5 Å². The maximum atomic E-state index is 12.5. The SMILES string of the molecule is C=C/C=C\C(=C/C)CN1[C@@H](CO)CN(C(=O)OC(C)(C)C)CC12CC2. The number of aliphatic hydroxyl groups is 1. The van der Waals surface area contributed by atoms with Gasteiger partial charge in [-0.1, -0.05) is 30.9 Å². The summed E-state index contributed by atoms with van der Waals surface area (Å²) in [5, 5.41) is 9.94. The summed E-state index contributed by atoms with van der Waals surface area (Å²) in [7, 11) is 0. The van der Waals surface area contributed by atoms with Crippen LogP contribution in [0, 0.1) is 0 Å². The van der Waals surface area contributed by atoms with Crippen molar-refractivity contribution in [1.29, 1.82) is 0 Å². The third-order valence-electron chi connectivity index (χ3n) is 4.83. The van der Waals surface area contributed by atoms with Gasteiger partial charge in [0.25, 0.3) is 0 Å². The van der Waals surface area contributed by atoms with E-state index >= 15 is 0 Å². The van der Waals surface area contributed by atoms with Crippen molar-refractivity contribution in [3.05, 3.63) is 36.5 Å². The molecule has 1 amide bonds. The topological polar surface area (TPSA) is 53.0 Å². The molecular weight excluding hydrogens is 316 g/mol. The highest BCUT2D eigenvalue weighted by molar-refractivity contribution is 5.68. The average Bonchev–Trinajstić information content (AvgIpc) is 3.30. The van der Waals surface area contributed by atoms with E-state index in [2.05, 4.69) is 23.6 Å². The lowest BCUT2D eigenvalue weighted by Crippen LogP contribution is -2.63. The van der Waals surface area contributed by atoms with Gasteiger partial charge in [0.05, 0.1) is 12.6 Å². The molecule has 1 saturated carbocycles. The van der Waals surface area contributed by atoms with E-state index in [1.165, 1.54) is 5.57 Å². The summed E-state index contributed by atoms with van der Waals surface area (Å²) in [5.74, 6) is 0. The molecule has 2 rings (SSSR count). The van der Waals surface area contributed by atoms with Crippen molar-refractivity contribution in [2.75, 3.05) is 26.2 Å². The molecule has 2 fully saturated rings. The van der Waals surface area contributed by atoms with Crippen LogP contribution in [0.4, 0.5) is 4.79 Å². The Balaban J connectivity index is 2.13. The number of allylic oxidation sites excluding steroid dienone is 3. The van der Waals surface area contributed by atoms with Crippen LogP contribution < -0.4 is 0 Å². The van der Waals surface area contributed by atoms with Crippen LogP contribution in [0.25, 0.3) is 0 Å². The van der Waals surface area contributed by atoms with Crippen molar-refractivity contribution in [2.24, 2.45) is 0 Å². The van der Waals surface area contributed by atoms with E-state index in [0.29, 0.717) is 13.1 Å². The van der Waals surface area contributed by atoms with Gasteiger partial charge in [0.1, 0.15) is 5.60 Å². The molecule has 1 saturated heterocycles. The highest BCUT2D eigenvalue weighted by Gasteiger charge is 2.55. The van der Waals surface area contributed by atoms with E-state index in [1.54, 1.807) is 11.0 Å². The molecular formula is C20H32N2O3. The zero-order valence-electron chi connectivity index (χ0n) is 16.0. The van der Waals surface area contributed by atoms with Gasteiger partial charge in [-0.2, -0.15) is 0 Å². The fraction of sp³-hybridized carbons (Fsp3) is 0.650. The summed E-state index contributed by atoms with van der Waals surface area (Å²) in [6.07, 6.45) is 9.65. The van der Waals surface area contributed by atoms with Gasteiger partial charge in [-0.15, -0.1) is 0 Å². The Morgan fingerprint density at radius 3 is 2.56 bits per heavy atom. The van der Waals surface area contributed by atoms with E-state index in [0.717, 1.165) is 19.4 Å². The van der Waals surface area contributed by atoms with Crippen molar-refractivity contribution >= 4 is 6.09 Å². The number of nitrogens with zero attached hydrogens (tertiary/aromatic N) is 2. The van der Waals surface area contributed by atoms with Crippen LogP contribution in [0.1, 0.15) is 40.5 Å². The van der Waals surface area contributed by atoms with Gasteiger partial charge in [0.15, 0.2) is 0 Å². The van der Waals surface area contributed by atoms with Crippen molar-refractivity contribution in [1.82, 2.24) is 9.80 Å². The normalized spacial score (nSPS) is 24.0. The lowest BCUT2D eigenvalue weighted by Gasteiger charge is -2.47. The van der Waals surface area contributed by atoms with Gasteiger partial charge in [0.2, 0.25) is 0 Å². The first kappa shape index (κ1) is 19.7. The zero-order valence-corrected chi connectivity index (χ0v) is 16.0. The van der Waals surface area contributed by atoms with Crippen LogP contribution in [-0.2, 0) is 4.74 Å². The molecule has 1 spiro atoms. The maximum absolute atomic E-state index is 12.5. The molecule has 2 aliphatic rings. The molecule has 0 aromatic heterocycles. The zero-order chi connectivity index (χ0) is 18.7. The van der Waals surface area contributed by atoms with Crippen molar-refractivity contribution in [3.8, 4) is 0 Å². The van der Waals surface area contributed by atoms with E-state index < -0.39 is 5.60 Å². The Hall–Kier alpha value is -1.59. The standard InChI is InChI=1S/C20H32N2O3/c1-6-8-9-16(7-2)12-22-17(14-23)13-21(15-20(22)10-11-20)18(24)25-19(3,4)5/h6-9,17,23H,1,10-15H2,2-5H3/b9-8-,16-7+/t17-/m1/s1. The molecule has 1 heterocycles. The lowest BCUT2D eigenvalue weighted by atomic mass is 10.0. The second-order valence-electron chi connectivity index (χ2n) is 8.01. The number of rotatable bonds is 5. The largest absolute Gasteiger partial charge is 0.444 e. The predicted molar refractivity (Wildman–Crippen MR) is 100 cm³/mol. The molecule has 1 aliphatic carbocycles. The Morgan fingerprint density at radius 2 is 2.08 bits per heavy atom. The van der Waals surface area contributed by atoms with Crippen LogP contribution in [0.5, 0.6) is 0 Å². The van der Waals surface area contributed by atoms with Crippen LogP contribution in [-0.4, -0.2) is 64.4 Å². The molecule has 140 valence electrons. The predicted octanol–water partition coefficient (Wildman–Crippen LogP) is 3.12. The van der Waals surface area contributed by atoms with Gasteiger partial charge >= 0.3 is 6.09 Å². The summed E-state index contributed by atoms with van der Waals surface area (Å²) in [5.41, 5.74) is 0.654. The number of hydrogen-bond donors (Lipinski definition) is 1. The van der Waals surface area contributed by atoms with Gasteiger partial charge < -0.3 is 14.7 Å². The minimum absolute atomic E-state index is 0.0289. The monoisotopic (exact) mass is 348 g/mol. The molecule has 1 aliphatic heterocycles. The highest BCUT2D eigenvalue weighted by Crippen LogP contribution is 2.46. The second-order valence-corrected chi connectivity index (χ2v) is 8.01. The third-order valence-corrected chi connectivity index (χ3v) is 4.83. The molecule has 0 unspecified atom stereocenters. The Morgan fingerprint density at radius 1 is 1.40 bits per heavy atom. The number of ether oxygens (including phenoxy) is 1. The number of piperazine rings is 1. The van der Waals surface area contributed by atoms with E-state index in [9.17, 15) is 9.90 Å². The fourth-order valence-electron chi connectivity index (χ4n) is 3.39. The summed E-state index contributed by atoms with van der Waals surface area (Å²) < 4.78 is 5.53. The molecule has 0 radical (unpaired) electrons. The quantitative estimate of drug-likeness (QED) is 0.776. The summed E-state index contributed by atoms with van der Waals surface area (Å²) in [6.45, 7) is 13.3. The number of aliphatic hydroxyl groups excluding tert-OH is 1. The van der Waals surface area contributed by atoms with E-state index in [1.807, 2.05) is 33.8 Å².